The van der Waals surface area contributed by atoms with Crippen LogP contribution < -0.4 is 0 Å². The van der Waals surface area contributed by atoms with Crippen LogP contribution in [0.5, 0.6) is 0 Å². The van der Waals surface area contributed by atoms with Crippen molar-refractivity contribution in [3.8, 4) is 0 Å². The summed E-state index contributed by atoms with van der Waals surface area (Å²) in [6, 6.07) is 0. The summed E-state index contributed by atoms with van der Waals surface area (Å²) >= 11 is 1.74. The molecule has 0 unspecified atom stereocenters. The first kappa shape index (κ1) is 16.1. The molecule has 0 atom stereocenters. The standard InChI is InChI=1S/C7H9.C5H5.C2H6Si.Zr/c1-6-3-4-7(2)5-6;1-2-4-5-3-1;1-3-2;/h5H,3H2,1-2H3;1-3H,4H2;1-2H3;/q2*-1;;+2. The summed E-state index contributed by atoms with van der Waals surface area (Å²) in [6.07, 6.45) is 16.4. The molecule has 2 rings (SSSR count). The normalized spacial score (nSPS) is 15.6. The van der Waals surface area contributed by atoms with Crippen molar-refractivity contribution in [1.29, 1.82) is 0 Å². The van der Waals surface area contributed by atoms with Crippen LogP contribution >= 0.6 is 0 Å². The topological polar surface area (TPSA) is 0 Å². The fourth-order valence-corrected chi connectivity index (χ4v) is 1.09. The Morgan fingerprint density at radius 3 is 2.06 bits per heavy atom. The summed E-state index contributed by atoms with van der Waals surface area (Å²) < 4.78 is 0. The number of allylic oxidation sites excluding steroid dienone is 8. The van der Waals surface area contributed by atoms with Gasteiger partial charge in [-0.05, 0) is 0 Å². The van der Waals surface area contributed by atoms with E-state index >= 15 is 0 Å². The summed E-state index contributed by atoms with van der Waals surface area (Å²) in [5.74, 6) is 0. The summed E-state index contributed by atoms with van der Waals surface area (Å²) in [7, 11) is 0. The van der Waals surface area contributed by atoms with Crippen LogP contribution in [0.3, 0.4) is 0 Å². The Hall–Kier alpha value is 0.0600. The summed E-state index contributed by atoms with van der Waals surface area (Å²) in [5.41, 5.74) is 2.93. The van der Waals surface area contributed by atoms with E-state index in [0.717, 1.165) is 12.8 Å². The first-order chi connectivity index (χ1) is 7.52. The Labute approximate surface area is 116 Å². The molecule has 0 saturated carbocycles. The van der Waals surface area contributed by atoms with Crippen LogP contribution in [0.4, 0.5) is 0 Å². The molecule has 2 heteroatoms. The maximum Gasteiger partial charge on any atom is -0.109 e. The van der Waals surface area contributed by atoms with Crippen molar-refractivity contribution in [3.63, 3.8) is 0 Å². The van der Waals surface area contributed by atoms with Gasteiger partial charge in [0.05, 0.1) is 0 Å². The predicted octanol–water partition coefficient (Wildman–Crippen LogP) is 4.18. The predicted molar refractivity (Wildman–Crippen MR) is 69.9 cm³/mol. The molecule has 0 amide bonds. The molecule has 0 spiro atoms. The van der Waals surface area contributed by atoms with Gasteiger partial charge >= 0.3 is 41.9 Å². The summed E-state index contributed by atoms with van der Waals surface area (Å²) in [6.45, 7) is 8.83. The second kappa shape index (κ2) is 10.2. The molecule has 0 fully saturated rings. The molecule has 0 bridgehead atoms. The van der Waals surface area contributed by atoms with Crippen molar-refractivity contribution in [3.05, 3.63) is 47.6 Å². The van der Waals surface area contributed by atoms with E-state index in [1.54, 1.807) is 23.3 Å². The zero-order valence-corrected chi connectivity index (χ0v) is 14.2. The number of hydrogen-bond donors (Lipinski definition) is 0. The van der Waals surface area contributed by atoms with Gasteiger partial charge in [-0.3, -0.25) is 12.2 Å². The first-order valence-electron chi connectivity index (χ1n) is 5.50. The zero-order valence-electron chi connectivity index (χ0n) is 10.7. The van der Waals surface area contributed by atoms with Crippen molar-refractivity contribution in [1.82, 2.24) is 0 Å². The first-order valence-corrected chi connectivity index (χ1v) is 11.7. The van der Waals surface area contributed by atoms with E-state index < -0.39 is 0 Å². The van der Waals surface area contributed by atoms with E-state index in [-0.39, 0.29) is 5.43 Å². The smallest absolute Gasteiger partial charge is 0.109 e. The van der Waals surface area contributed by atoms with Crippen molar-refractivity contribution in [2.24, 2.45) is 0 Å². The van der Waals surface area contributed by atoms with Crippen molar-refractivity contribution in [2.75, 3.05) is 0 Å². The van der Waals surface area contributed by atoms with Crippen molar-refractivity contribution >= 4 is 5.43 Å². The van der Waals surface area contributed by atoms with Crippen LogP contribution in [-0.2, 0) is 23.3 Å². The van der Waals surface area contributed by atoms with Crippen LogP contribution in [0.25, 0.3) is 0 Å². The molecule has 0 aromatic heterocycles. The van der Waals surface area contributed by atoms with E-state index in [2.05, 4.69) is 51.2 Å². The minimum Gasteiger partial charge on any atom is -0.273 e. The largest absolute Gasteiger partial charge is 0.273 e. The zero-order chi connectivity index (χ0) is 12.4. The van der Waals surface area contributed by atoms with Gasteiger partial charge in [0.2, 0.25) is 0 Å². The maximum absolute atomic E-state index is 3.19. The molecular formula is C14H20SiZr. The number of hydrogen-bond acceptors (Lipinski definition) is 0. The van der Waals surface area contributed by atoms with Crippen molar-refractivity contribution in [2.45, 2.75) is 39.8 Å². The van der Waals surface area contributed by atoms with Gasteiger partial charge in [-0.15, -0.1) is 12.8 Å². The van der Waals surface area contributed by atoms with E-state index in [4.69, 9.17) is 0 Å². The molecule has 0 radical (unpaired) electrons. The van der Waals surface area contributed by atoms with E-state index in [0.29, 0.717) is 0 Å². The second-order valence-electron chi connectivity index (χ2n) is 4.03. The van der Waals surface area contributed by atoms with Crippen LogP contribution in [0.15, 0.2) is 35.5 Å². The number of rotatable bonds is 0. The third kappa shape index (κ3) is 12.1. The fraction of sp³-hybridized carbons (Fsp3) is 0.429. The minimum atomic E-state index is 0.210. The van der Waals surface area contributed by atoms with Gasteiger partial charge in [0.15, 0.2) is 0 Å². The Bertz CT molecular complexity index is 319. The summed E-state index contributed by atoms with van der Waals surface area (Å²) in [4.78, 5) is 0. The van der Waals surface area contributed by atoms with Gasteiger partial charge in [0, 0.05) is 0 Å². The summed E-state index contributed by atoms with van der Waals surface area (Å²) in [5, 5.41) is 0. The van der Waals surface area contributed by atoms with E-state index in [9.17, 15) is 0 Å². The molecule has 84 valence electrons. The average Bonchev–Trinajstić information content (AvgIpc) is 2.78. The van der Waals surface area contributed by atoms with Gasteiger partial charge in [0.1, 0.15) is 0 Å². The molecule has 0 aromatic rings. The van der Waals surface area contributed by atoms with Gasteiger partial charge < -0.3 is 0 Å². The molecule has 0 heterocycles. The molecule has 0 aromatic carbocycles. The molecule has 0 N–H and O–H groups in total. The van der Waals surface area contributed by atoms with Crippen LogP contribution in [0, 0.1) is 12.2 Å². The van der Waals surface area contributed by atoms with Crippen molar-refractivity contribution < 1.29 is 23.3 Å². The van der Waals surface area contributed by atoms with Gasteiger partial charge in [-0.2, -0.15) is 11.6 Å². The van der Waals surface area contributed by atoms with Gasteiger partial charge in [0.25, 0.3) is 0 Å². The van der Waals surface area contributed by atoms with Crippen LogP contribution in [-0.4, -0.2) is 5.43 Å². The van der Waals surface area contributed by atoms with E-state index in [1.165, 1.54) is 11.1 Å². The SMILES string of the molecule is CC1=[C-]CC(C)=C1.C[Si](C)=[Zr+2].[C-]1=CC=CC1. The fourth-order valence-electron chi connectivity index (χ4n) is 1.09. The Balaban J connectivity index is 0.000000222. The Morgan fingerprint density at radius 1 is 1.31 bits per heavy atom. The average molecular weight is 308 g/mol. The Kier molecular flexibility index (Phi) is 10.3. The minimum absolute atomic E-state index is 0.210. The van der Waals surface area contributed by atoms with Gasteiger partial charge in [-0.1, -0.05) is 13.8 Å². The monoisotopic (exact) mass is 306 g/mol. The molecule has 0 aliphatic heterocycles. The molecular weight excluding hydrogens is 287 g/mol. The molecule has 2 aliphatic rings. The van der Waals surface area contributed by atoms with Crippen LogP contribution in [0.2, 0.25) is 13.1 Å². The molecule has 2 aliphatic carbocycles. The molecule has 0 nitrogen and oxygen atoms in total. The maximum atomic E-state index is 3.19. The Morgan fingerprint density at radius 2 is 1.94 bits per heavy atom. The molecule has 0 saturated heterocycles. The third-order valence-corrected chi connectivity index (χ3v) is 1.69. The molecule has 16 heavy (non-hydrogen) atoms. The second-order valence-corrected chi connectivity index (χ2v) is 13.4. The quantitative estimate of drug-likeness (QED) is 0.465. The third-order valence-electron chi connectivity index (χ3n) is 1.69. The van der Waals surface area contributed by atoms with Gasteiger partial charge in [-0.25, -0.2) is 23.8 Å². The van der Waals surface area contributed by atoms with E-state index in [1.807, 2.05) is 12.2 Å². The van der Waals surface area contributed by atoms with Crippen LogP contribution in [0.1, 0.15) is 26.7 Å².